The van der Waals surface area contributed by atoms with Gasteiger partial charge in [-0.15, -0.1) is 0 Å². The fraction of sp³-hybridized carbons (Fsp3) is 0.524. The number of esters is 1. The lowest BCUT2D eigenvalue weighted by atomic mass is 9.74. The molecule has 0 aromatic heterocycles. The van der Waals surface area contributed by atoms with Gasteiger partial charge >= 0.3 is 18.2 Å². The molecule has 0 fully saturated rings. The summed E-state index contributed by atoms with van der Waals surface area (Å²) in [4.78, 5) is 25.5. The minimum atomic E-state index is -4.61. The first-order valence-electron chi connectivity index (χ1n) is 9.94. The number of hydrogen-bond acceptors (Lipinski definition) is 5. The van der Waals surface area contributed by atoms with Gasteiger partial charge in [-0.1, -0.05) is 38.1 Å². The van der Waals surface area contributed by atoms with E-state index >= 15 is 0 Å². The van der Waals surface area contributed by atoms with Crippen LogP contribution in [0.4, 0.5) is 18.0 Å². The number of ether oxygens (including phenoxy) is 2. The van der Waals surface area contributed by atoms with Gasteiger partial charge in [0.2, 0.25) is 0 Å². The fourth-order valence-electron chi connectivity index (χ4n) is 3.63. The Bertz CT molecular complexity index is 810. The van der Waals surface area contributed by atoms with Crippen LogP contribution in [0.5, 0.6) is 0 Å². The fourth-order valence-corrected chi connectivity index (χ4v) is 3.63. The van der Waals surface area contributed by atoms with Gasteiger partial charge in [-0.05, 0) is 38.3 Å². The van der Waals surface area contributed by atoms with Crippen LogP contribution in [0.1, 0.15) is 57.6 Å². The van der Waals surface area contributed by atoms with Gasteiger partial charge in [-0.3, -0.25) is 0 Å². The van der Waals surface area contributed by atoms with Crippen LogP contribution in [0.3, 0.4) is 0 Å². The number of nitrogens with zero attached hydrogens (tertiary/aromatic N) is 1. The zero-order chi connectivity index (χ0) is 22.5. The lowest BCUT2D eigenvalue weighted by Crippen LogP contribution is -2.65. The SMILES string of the molecule is CCOC(=O)N1NC(CC)(C(=O)OCC)C(c2ccccc2C(F)(F)F)C=C1CC. The number of alkyl halides is 3. The van der Waals surface area contributed by atoms with E-state index in [2.05, 4.69) is 5.43 Å². The molecule has 1 aromatic rings. The number of carbonyl (C=O) groups excluding carboxylic acids is 2. The molecule has 1 amide bonds. The third-order valence-electron chi connectivity index (χ3n) is 5.10. The number of benzene rings is 1. The number of rotatable bonds is 6. The molecule has 0 spiro atoms. The normalized spacial score (nSPS) is 21.8. The number of carbonyl (C=O) groups is 2. The molecule has 2 atom stereocenters. The largest absolute Gasteiger partial charge is 0.465 e. The average molecular weight is 428 g/mol. The van der Waals surface area contributed by atoms with Crippen molar-refractivity contribution in [2.45, 2.75) is 58.2 Å². The van der Waals surface area contributed by atoms with E-state index in [1.165, 1.54) is 24.3 Å². The summed E-state index contributed by atoms with van der Waals surface area (Å²) in [5, 5.41) is 1.09. The highest BCUT2D eigenvalue weighted by Gasteiger charge is 2.52. The first-order chi connectivity index (χ1) is 14.2. The van der Waals surface area contributed by atoms with E-state index in [9.17, 15) is 22.8 Å². The summed E-state index contributed by atoms with van der Waals surface area (Å²) in [6.45, 7) is 6.81. The summed E-state index contributed by atoms with van der Waals surface area (Å²) in [5.74, 6) is -1.75. The predicted octanol–water partition coefficient (Wildman–Crippen LogP) is 4.77. The molecule has 1 aliphatic rings. The van der Waals surface area contributed by atoms with Crippen molar-refractivity contribution in [2.24, 2.45) is 0 Å². The van der Waals surface area contributed by atoms with Crippen molar-refractivity contribution in [3.63, 3.8) is 0 Å². The van der Waals surface area contributed by atoms with Crippen LogP contribution in [-0.2, 0) is 20.4 Å². The van der Waals surface area contributed by atoms with Gasteiger partial charge in [0.05, 0.1) is 18.8 Å². The van der Waals surface area contributed by atoms with Crippen LogP contribution in [0.15, 0.2) is 36.0 Å². The average Bonchev–Trinajstić information content (AvgIpc) is 2.72. The van der Waals surface area contributed by atoms with Crippen LogP contribution < -0.4 is 5.43 Å². The minimum absolute atomic E-state index is 0.0413. The quantitative estimate of drug-likeness (QED) is 0.661. The Hall–Kier alpha value is -2.55. The Morgan fingerprint density at radius 2 is 1.73 bits per heavy atom. The Kier molecular flexibility index (Phi) is 7.52. The molecule has 0 bridgehead atoms. The molecule has 30 heavy (non-hydrogen) atoms. The smallest absolute Gasteiger partial charge is 0.428 e. The van der Waals surface area contributed by atoms with E-state index in [0.717, 1.165) is 11.1 Å². The van der Waals surface area contributed by atoms with Crippen molar-refractivity contribution in [1.29, 1.82) is 0 Å². The van der Waals surface area contributed by atoms with E-state index in [1.807, 2.05) is 0 Å². The van der Waals surface area contributed by atoms with Crippen molar-refractivity contribution in [2.75, 3.05) is 13.2 Å². The monoisotopic (exact) mass is 428 g/mol. The zero-order valence-corrected chi connectivity index (χ0v) is 17.5. The number of nitrogens with one attached hydrogen (secondary N) is 1. The van der Waals surface area contributed by atoms with Gasteiger partial charge in [0.1, 0.15) is 5.54 Å². The van der Waals surface area contributed by atoms with Crippen molar-refractivity contribution in [3.8, 4) is 0 Å². The van der Waals surface area contributed by atoms with Crippen molar-refractivity contribution in [3.05, 3.63) is 47.2 Å². The third-order valence-corrected chi connectivity index (χ3v) is 5.10. The Morgan fingerprint density at radius 3 is 2.27 bits per heavy atom. The standard InChI is InChI=1S/C21H27F3N2O4/c1-5-14-13-17(15-11-9-10-12-16(15)21(22,23)24)20(6-2,18(27)29-7-3)25-26(14)19(28)30-8-4/h9-13,17,25H,5-8H2,1-4H3. The van der Waals surface area contributed by atoms with Crippen LogP contribution in [0.25, 0.3) is 0 Å². The first kappa shape index (κ1) is 23.7. The van der Waals surface area contributed by atoms with Crippen molar-refractivity contribution >= 4 is 12.1 Å². The molecule has 1 heterocycles. The summed E-state index contributed by atoms with van der Waals surface area (Å²) in [7, 11) is 0. The molecule has 1 N–H and O–H groups in total. The maximum absolute atomic E-state index is 13.8. The van der Waals surface area contributed by atoms with E-state index < -0.39 is 35.3 Å². The molecule has 2 rings (SSSR count). The third kappa shape index (κ3) is 4.45. The second kappa shape index (κ2) is 9.51. The van der Waals surface area contributed by atoms with E-state index in [1.54, 1.807) is 27.7 Å². The van der Waals surface area contributed by atoms with Crippen molar-refractivity contribution < 1.29 is 32.2 Å². The molecule has 0 saturated carbocycles. The highest BCUT2D eigenvalue weighted by atomic mass is 19.4. The van der Waals surface area contributed by atoms with E-state index in [-0.39, 0.29) is 25.2 Å². The molecule has 1 aliphatic heterocycles. The minimum Gasteiger partial charge on any atom is -0.465 e. The Labute approximate surface area is 174 Å². The first-order valence-corrected chi connectivity index (χ1v) is 9.94. The van der Waals surface area contributed by atoms with Crippen LogP contribution in [0.2, 0.25) is 0 Å². The second-order valence-electron chi connectivity index (χ2n) is 6.77. The summed E-state index contributed by atoms with van der Waals surface area (Å²) in [6, 6.07) is 5.13. The molecule has 0 aliphatic carbocycles. The number of halogens is 3. The molecule has 6 nitrogen and oxygen atoms in total. The highest BCUT2D eigenvalue weighted by molar-refractivity contribution is 5.84. The lowest BCUT2D eigenvalue weighted by molar-refractivity contribution is -0.155. The van der Waals surface area contributed by atoms with Crippen LogP contribution in [0, 0.1) is 0 Å². The molecule has 0 radical (unpaired) electrons. The van der Waals surface area contributed by atoms with Crippen LogP contribution >= 0.6 is 0 Å². The number of hydrogen-bond donors (Lipinski definition) is 1. The summed E-state index contributed by atoms with van der Waals surface area (Å²) in [6.07, 6.45) is -3.41. The van der Waals surface area contributed by atoms with E-state index in [4.69, 9.17) is 9.47 Å². The second-order valence-corrected chi connectivity index (χ2v) is 6.77. The topological polar surface area (TPSA) is 67.9 Å². The van der Waals surface area contributed by atoms with Gasteiger partial charge in [0, 0.05) is 11.6 Å². The number of hydrazine groups is 1. The predicted molar refractivity (Wildman–Crippen MR) is 104 cm³/mol. The molecule has 1 aromatic carbocycles. The molecular formula is C21H27F3N2O4. The zero-order valence-electron chi connectivity index (χ0n) is 17.5. The summed E-state index contributed by atoms with van der Waals surface area (Å²) < 4.78 is 51.5. The summed E-state index contributed by atoms with van der Waals surface area (Å²) >= 11 is 0. The van der Waals surface area contributed by atoms with Crippen LogP contribution in [-0.4, -0.2) is 35.8 Å². The van der Waals surface area contributed by atoms with Gasteiger partial charge in [0.15, 0.2) is 0 Å². The Morgan fingerprint density at radius 1 is 1.10 bits per heavy atom. The number of amides is 1. The highest BCUT2D eigenvalue weighted by Crippen LogP contribution is 2.44. The molecule has 2 unspecified atom stereocenters. The molecule has 166 valence electrons. The van der Waals surface area contributed by atoms with Gasteiger partial charge in [-0.2, -0.15) is 13.2 Å². The van der Waals surface area contributed by atoms with Gasteiger partial charge in [0.25, 0.3) is 0 Å². The van der Waals surface area contributed by atoms with Crippen molar-refractivity contribution in [1.82, 2.24) is 10.4 Å². The van der Waals surface area contributed by atoms with Gasteiger partial charge < -0.3 is 9.47 Å². The maximum atomic E-state index is 13.8. The van der Waals surface area contributed by atoms with E-state index in [0.29, 0.717) is 12.1 Å². The lowest BCUT2D eigenvalue weighted by Gasteiger charge is -2.45. The van der Waals surface area contributed by atoms with Gasteiger partial charge in [-0.25, -0.2) is 20.0 Å². The Balaban J connectivity index is 2.75. The maximum Gasteiger partial charge on any atom is 0.428 e. The molecule has 9 heteroatoms. The number of allylic oxidation sites excluding steroid dienone is 1. The molecular weight excluding hydrogens is 401 g/mol. The summed E-state index contributed by atoms with van der Waals surface area (Å²) in [5.41, 5.74) is 0.741. The molecule has 0 saturated heterocycles.